The zero-order valence-corrected chi connectivity index (χ0v) is 29.8. The average molecular weight is 678 g/mol. The minimum absolute atomic E-state index is 0.0732. The van der Waals surface area contributed by atoms with E-state index in [9.17, 15) is 4.79 Å². The van der Waals surface area contributed by atoms with Gasteiger partial charge in [0.05, 0.1) is 18.8 Å². The molecule has 9 heteroatoms. The highest BCUT2D eigenvalue weighted by molar-refractivity contribution is 6.07. The zero-order valence-electron chi connectivity index (χ0n) is 29.8. The SMILES string of the molecule is CCCCOCCOc1ccc(-c2ccc3c(c2)C=C(C(=O)Nc2ccc(CN(C)C4CCOCC4)cc2)CCN3Cc2ccnn2C)cc1. The Morgan fingerprint density at radius 3 is 2.50 bits per heavy atom. The molecule has 0 radical (unpaired) electrons. The maximum Gasteiger partial charge on any atom is 0.251 e. The average Bonchev–Trinajstić information content (AvgIpc) is 3.46. The molecule has 264 valence electrons. The van der Waals surface area contributed by atoms with Crippen LogP contribution in [0.4, 0.5) is 11.4 Å². The van der Waals surface area contributed by atoms with Gasteiger partial charge in [-0.15, -0.1) is 0 Å². The van der Waals surface area contributed by atoms with Gasteiger partial charge in [0.1, 0.15) is 12.4 Å². The van der Waals surface area contributed by atoms with Crippen LogP contribution in [0, 0.1) is 0 Å². The van der Waals surface area contributed by atoms with E-state index in [2.05, 4.69) is 82.7 Å². The summed E-state index contributed by atoms with van der Waals surface area (Å²) in [4.78, 5) is 18.5. The first-order valence-electron chi connectivity index (χ1n) is 18.0. The van der Waals surface area contributed by atoms with Crippen molar-refractivity contribution in [3.8, 4) is 16.9 Å². The molecule has 2 aliphatic heterocycles. The lowest BCUT2D eigenvalue weighted by molar-refractivity contribution is -0.112. The normalized spacial score (nSPS) is 15.0. The molecule has 1 amide bonds. The molecular formula is C41H51N5O4. The van der Waals surface area contributed by atoms with E-state index in [0.717, 1.165) is 97.1 Å². The Morgan fingerprint density at radius 1 is 0.980 bits per heavy atom. The Morgan fingerprint density at radius 2 is 1.76 bits per heavy atom. The molecule has 3 aromatic carbocycles. The summed E-state index contributed by atoms with van der Waals surface area (Å²) >= 11 is 0. The molecule has 1 fully saturated rings. The molecule has 2 aliphatic rings. The van der Waals surface area contributed by atoms with Crippen LogP contribution in [-0.2, 0) is 34.4 Å². The molecule has 4 aromatic rings. The fourth-order valence-electron chi connectivity index (χ4n) is 6.63. The molecule has 1 saturated heterocycles. The number of rotatable bonds is 15. The number of ether oxygens (including phenoxy) is 3. The van der Waals surface area contributed by atoms with Crippen molar-refractivity contribution in [2.45, 2.75) is 58.2 Å². The lowest BCUT2D eigenvalue weighted by Gasteiger charge is -2.31. The van der Waals surface area contributed by atoms with E-state index in [0.29, 0.717) is 38.8 Å². The van der Waals surface area contributed by atoms with E-state index >= 15 is 0 Å². The third-order valence-corrected chi connectivity index (χ3v) is 9.70. The van der Waals surface area contributed by atoms with Gasteiger partial charge in [-0.25, -0.2) is 0 Å². The zero-order chi connectivity index (χ0) is 34.7. The third-order valence-electron chi connectivity index (χ3n) is 9.70. The number of hydrogen-bond donors (Lipinski definition) is 1. The fraction of sp³-hybridized carbons (Fsp3) is 0.415. The predicted molar refractivity (Wildman–Crippen MR) is 200 cm³/mol. The standard InChI is InChI=1S/C41H51N5O4/c1-4-5-22-48-25-26-50-39-13-8-32(9-14-39)33-10-15-40-35(27-33)28-34(17-21-46(40)30-38-16-20-42-45(38)3)41(47)43-36-11-6-31(7-12-36)29-44(2)37-18-23-49-24-19-37/h6-16,20,27-28,37H,4-5,17-19,21-26,29-30H2,1-3H3,(H,43,47). The van der Waals surface area contributed by atoms with Gasteiger partial charge in [-0.2, -0.15) is 5.10 Å². The highest BCUT2D eigenvalue weighted by atomic mass is 16.5. The van der Waals surface area contributed by atoms with E-state index in [1.54, 1.807) is 0 Å². The van der Waals surface area contributed by atoms with Gasteiger partial charge in [-0.3, -0.25) is 14.4 Å². The number of carbonyl (C=O) groups is 1. The number of benzene rings is 3. The molecule has 0 unspecified atom stereocenters. The van der Waals surface area contributed by atoms with Gasteiger partial charge in [0.2, 0.25) is 0 Å². The number of fused-ring (bicyclic) bond motifs is 1. The van der Waals surface area contributed by atoms with Crippen LogP contribution in [0.3, 0.4) is 0 Å². The molecule has 9 nitrogen and oxygen atoms in total. The quantitative estimate of drug-likeness (QED) is 0.132. The molecule has 3 heterocycles. The number of amides is 1. The van der Waals surface area contributed by atoms with Gasteiger partial charge in [0, 0.05) is 69.1 Å². The van der Waals surface area contributed by atoms with Crippen LogP contribution in [0.25, 0.3) is 17.2 Å². The Hall–Kier alpha value is -4.44. The van der Waals surface area contributed by atoms with Crippen LogP contribution in [0.2, 0.25) is 0 Å². The Balaban J connectivity index is 1.16. The largest absolute Gasteiger partial charge is 0.491 e. The molecule has 0 atom stereocenters. The van der Waals surface area contributed by atoms with Gasteiger partial charge < -0.3 is 24.4 Å². The van der Waals surface area contributed by atoms with Crippen LogP contribution in [-0.4, -0.2) is 73.3 Å². The summed E-state index contributed by atoms with van der Waals surface area (Å²) in [5.41, 5.74) is 8.18. The first-order valence-corrected chi connectivity index (χ1v) is 18.0. The fourth-order valence-corrected chi connectivity index (χ4v) is 6.63. The van der Waals surface area contributed by atoms with Crippen molar-refractivity contribution in [1.29, 1.82) is 0 Å². The van der Waals surface area contributed by atoms with E-state index in [4.69, 9.17) is 14.2 Å². The van der Waals surface area contributed by atoms with Crippen molar-refractivity contribution in [2.24, 2.45) is 7.05 Å². The summed E-state index contributed by atoms with van der Waals surface area (Å²) < 4.78 is 19.0. The Bertz CT molecular complexity index is 1710. The van der Waals surface area contributed by atoms with Crippen molar-refractivity contribution in [1.82, 2.24) is 14.7 Å². The van der Waals surface area contributed by atoms with E-state index < -0.39 is 0 Å². The second-order valence-corrected chi connectivity index (χ2v) is 13.3. The summed E-state index contributed by atoms with van der Waals surface area (Å²) in [6.45, 7) is 8.00. The molecule has 6 rings (SSSR count). The van der Waals surface area contributed by atoms with Crippen LogP contribution in [0.15, 0.2) is 84.6 Å². The molecule has 50 heavy (non-hydrogen) atoms. The highest BCUT2D eigenvalue weighted by Gasteiger charge is 2.22. The number of anilines is 2. The molecule has 1 aromatic heterocycles. The van der Waals surface area contributed by atoms with Gasteiger partial charge in [-0.05, 0) is 104 Å². The van der Waals surface area contributed by atoms with E-state index in [1.165, 1.54) is 5.56 Å². The highest BCUT2D eigenvalue weighted by Crippen LogP contribution is 2.34. The lowest BCUT2D eigenvalue weighted by Crippen LogP contribution is -2.36. The first kappa shape index (κ1) is 35.4. The number of nitrogens with zero attached hydrogens (tertiary/aromatic N) is 4. The van der Waals surface area contributed by atoms with Crippen molar-refractivity contribution >= 4 is 23.4 Å². The van der Waals surface area contributed by atoms with Crippen LogP contribution in [0.1, 0.15) is 55.8 Å². The summed E-state index contributed by atoms with van der Waals surface area (Å²) in [5.74, 6) is 0.749. The van der Waals surface area contributed by atoms with Gasteiger partial charge in [0.25, 0.3) is 5.91 Å². The summed E-state index contributed by atoms with van der Waals surface area (Å²) in [7, 11) is 4.15. The number of unbranched alkanes of at least 4 members (excludes halogenated alkanes) is 1. The summed E-state index contributed by atoms with van der Waals surface area (Å²) in [6, 6.07) is 25.5. The maximum atomic E-state index is 13.8. The second kappa shape index (κ2) is 17.5. The number of hydrogen-bond acceptors (Lipinski definition) is 7. The topological polar surface area (TPSA) is 81.1 Å². The predicted octanol–water partition coefficient (Wildman–Crippen LogP) is 7.33. The summed E-state index contributed by atoms with van der Waals surface area (Å²) in [5, 5.41) is 7.56. The van der Waals surface area contributed by atoms with Crippen LogP contribution >= 0.6 is 0 Å². The summed E-state index contributed by atoms with van der Waals surface area (Å²) in [6.07, 6.45) is 8.85. The van der Waals surface area contributed by atoms with Crippen LogP contribution < -0.4 is 15.0 Å². The number of carbonyl (C=O) groups excluding carboxylic acids is 1. The number of nitrogens with one attached hydrogen (secondary N) is 1. The van der Waals surface area contributed by atoms with Crippen molar-refractivity contribution in [3.63, 3.8) is 0 Å². The molecule has 0 bridgehead atoms. The van der Waals surface area contributed by atoms with Crippen LogP contribution in [0.5, 0.6) is 5.75 Å². The first-order chi connectivity index (χ1) is 24.5. The van der Waals surface area contributed by atoms with Gasteiger partial charge in [-0.1, -0.05) is 43.7 Å². The van der Waals surface area contributed by atoms with Crippen molar-refractivity contribution in [3.05, 3.63) is 101 Å². The third kappa shape index (κ3) is 9.41. The molecule has 0 saturated carbocycles. The molecule has 0 spiro atoms. The van der Waals surface area contributed by atoms with Gasteiger partial charge >= 0.3 is 0 Å². The minimum atomic E-state index is -0.0732. The minimum Gasteiger partial charge on any atom is -0.491 e. The molecule has 1 N–H and O–H groups in total. The Labute approximate surface area is 296 Å². The maximum absolute atomic E-state index is 13.8. The molecule has 0 aliphatic carbocycles. The second-order valence-electron chi connectivity index (χ2n) is 13.3. The smallest absolute Gasteiger partial charge is 0.251 e. The van der Waals surface area contributed by atoms with Crippen molar-refractivity contribution < 1.29 is 19.0 Å². The van der Waals surface area contributed by atoms with Gasteiger partial charge in [0.15, 0.2) is 0 Å². The lowest BCUT2D eigenvalue weighted by atomic mass is 10.00. The Kier molecular flexibility index (Phi) is 12.4. The van der Waals surface area contributed by atoms with E-state index in [-0.39, 0.29) is 5.91 Å². The van der Waals surface area contributed by atoms with Crippen molar-refractivity contribution in [2.75, 3.05) is 56.8 Å². The van der Waals surface area contributed by atoms with E-state index in [1.807, 2.05) is 48.3 Å². The number of aromatic nitrogens is 2. The number of aryl methyl sites for hydroxylation is 1. The monoisotopic (exact) mass is 677 g/mol. The molecular weight excluding hydrogens is 626 g/mol.